The monoisotopic (exact) mass is 764 g/mol. The maximum Gasteiger partial charge on any atom is 0.451 e. The molecular weight excluding hydrogens is 713 g/mol. The van der Waals surface area contributed by atoms with Gasteiger partial charge in [-0.1, -0.05) is 108 Å². The second kappa shape index (κ2) is 27.4. The third kappa shape index (κ3) is 22.3. The summed E-state index contributed by atoms with van der Waals surface area (Å²) < 4.78 is 44.6. The Hall–Kier alpha value is -3.26. The first kappa shape index (κ1) is 43.9. The van der Waals surface area contributed by atoms with E-state index in [2.05, 4.69) is 59.7 Å². The van der Waals surface area contributed by atoms with E-state index in [0.717, 1.165) is 50.7 Å². The zero-order chi connectivity index (χ0) is 37.0. The third-order valence-electron chi connectivity index (χ3n) is 7.22. The molecule has 0 radical (unpaired) electrons. The number of carbonyl (C=O) groups excluding carboxylic acids is 3. The van der Waals surface area contributed by atoms with Gasteiger partial charge in [-0.3, -0.25) is 9.59 Å². The molecular formula is C38H52O10S3. The Balaban J connectivity index is 1.75. The minimum atomic E-state index is -4.91. The highest BCUT2D eigenvalue weighted by atomic mass is 33.1. The quantitative estimate of drug-likeness (QED) is 0.0417. The third-order valence-corrected chi connectivity index (χ3v) is 11.0. The van der Waals surface area contributed by atoms with E-state index in [-0.39, 0.29) is 18.4 Å². The molecule has 0 amide bonds. The van der Waals surface area contributed by atoms with Gasteiger partial charge in [0.1, 0.15) is 24.5 Å². The summed E-state index contributed by atoms with van der Waals surface area (Å²) in [5.74, 6) is -1.80. The zero-order valence-electron chi connectivity index (χ0n) is 29.4. The Kier molecular flexibility index (Phi) is 23.6. The Bertz CT molecular complexity index is 1430. The zero-order valence-corrected chi connectivity index (χ0v) is 31.8. The van der Waals surface area contributed by atoms with E-state index in [0.29, 0.717) is 24.5 Å². The normalized spacial score (nSPS) is 15.8. The lowest BCUT2D eigenvalue weighted by Gasteiger charge is -2.18. The molecule has 1 aromatic rings. The van der Waals surface area contributed by atoms with E-state index >= 15 is 0 Å². The second-order valence-corrected chi connectivity index (χ2v) is 15.6. The van der Waals surface area contributed by atoms with Crippen molar-refractivity contribution in [2.75, 3.05) is 19.0 Å². The van der Waals surface area contributed by atoms with Crippen LogP contribution in [-0.2, 0) is 37.8 Å². The van der Waals surface area contributed by atoms with Crippen LogP contribution >= 0.6 is 21.6 Å². The second-order valence-electron chi connectivity index (χ2n) is 11.6. The number of phenols is 1. The van der Waals surface area contributed by atoms with E-state index in [1.54, 1.807) is 0 Å². The van der Waals surface area contributed by atoms with E-state index < -0.39 is 53.4 Å². The SMILES string of the molecule is CC/C=C/C/C=C/C/C=C/C/C=C/C/C=C/CCCC(=O)O[C@H](COC(=O)CCCC[C@@H]1CCSS1)COS(=O)(=O)OC(=O)c1ccccc1O. The summed E-state index contributed by atoms with van der Waals surface area (Å²) in [5, 5.41) is 10.4. The molecule has 0 aromatic heterocycles. The van der Waals surface area contributed by atoms with Gasteiger partial charge >= 0.3 is 28.3 Å². The number of benzene rings is 1. The van der Waals surface area contributed by atoms with Crippen molar-refractivity contribution in [1.29, 1.82) is 0 Å². The lowest BCUT2D eigenvalue weighted by molar-refractivity contribution is -0.161. The molecule has 1 fully saturated rings. The minimum Gasteiger partial charge on any atom is -0.507 e. The summed E-state index contributed by atoms with van der Waals surface area (Å²) in [7, 11) is -1.16. The first-order chi connectivity index (χ1) is 24.7. The van der Waals surface area contributed by atoms with Gasteiger partial charge in [-0.2, -0.15) is 8.42 Å². The van der Waals surface area contributed by atoms with Crippen LogP contribution in [0.25, 0.3) is 0 Å². The molecule has 1 aliphatic heterocycles. The number of hydrogen-bond acceptors (Lipinski definition) is 12. The number of para-hydroxylation sites is 1. The maximum absolute atomic E-state index is 12.6. The highest BCUT2D eigenvalue weighted by Gasteiger charge is 2.26. The average Bonchev–Trinajstić information content (AvgIpc) is 3.63. The standard InChI is InChI=1S/C38H52O10S3/c1-2-3-4-5-6-7-8-9-10-11-12-13-14-15-16-17-18-27-37(41)47-32(30-45-36(40)26-22-19-23-33-28-29-49-50-33)31-46-51(43,44)48-38(42)34-24-20-21-25-35(34)39/h3-4,6-7,9-10,12-13,15-16,20-21,24-25,32-33,39H,2,5,8,11,14,17-19,22-23,26-31H2,1H3/b4-3+,7-6+,10-9+,13-12+,16-15+/t32-,33-/m1/s1. The number of ether oxygens (including phenoxy) is 2. The van der Waals surface area contributed by atoms with Crippen LogP contribution in [0.15, 0.2) is 85.0 Å². The average molecular weight is 765 g/mol. The van der Waals surface area contributed by atoms with Crippen molar-refractivity contribution in [2.24, 2.45) is 0 Å². The number of unbranched alkanes of at least 4 members (excludes halogenated alkanes) is 2. The number of esters is 2. The molecule has 0 spiro atoms. The number of hydrogen-bond donors (Lipinski definition) is 1. The van der Waals surface area contributed by atoms with Crippen LogP contribution in [0.2, 0.25) is 0 Å². The summed E-state index contributed by atoms with van der Waals surface area (Å²) >= 11 is 0. The molecule has 0 unspecified atom stereocenters. The van der Waals surface area contributed by atoms with Crippen LogP contribution in [0, 0.1) is 0 Å². The van der Waals surface area contributed by atoms with E-state index in [1.807, 2.05) is 33.7 Å². The Morgan fingerprint density at radius 3 is 2.10 bits per heavy atom. The van der Waals surface area contributed by atoms with Gasteiger partial charge in [0.2, 0.25) is 0 Å². The molecule has 2 atom stereocenters. The van der Waals surface area contributed by atoms with Crippen molar-refractivity contribution < 1.29 is 45.7 Å². The van der Waals surface area contributed by atoms with Crippen LogP contribution in [0.4, 0.5) is 0 Å². The lowest BCUT2D eigenvalue weighted by atomic mass is 10.1. The smallest absolute Gasteiger partial charge is 0.451 e. The van der Waals surface area contributed by atoms with Crippen LogP contribution < -0.4 is 0 Å². The van der Waals surface area contributed by atoms with E-state index in [9.17, 15) is 27.9 Å². The summed E-state index contributed by atoms with van der Waals surface area (Å²) in [6, 6.07) is 5.25. The predicted octanol–water partition coefficient (Wildman–Crippen LogP) is 8.90. The number of allylic oxidation sites excluding steroid dienone is 10. The van der Waals surface area contributed by atoms with Gasteiger partial charge in [-0.15, -0.1) is 0 Å². The summed E-state index contributed by atoms with van der Waals surface area (Å²) in [6.45, 7) is 0.939. The molecule has 0 aliphatic carbocycles. The molecule has 1 saturated heterocycles. The van der Waals surface area contributed by atoms with Gasteiger partial charge in [0.15, 0.2) is 6.10 Å². The largest absolute Gasteiger partial charge is 0.507 e. The van der Waals surface area contributed by atoms with Crippen molar-refractivity contribution in [3.63, 3.8) is 0 Å². The van der Waals surface area contributed by atoms with Gasteiger partial charge in [-0.05, 0) is 76.3 Å². The molecule has 0 saturated carbocycles. The molecule has 1 heterocycles. The minimum absolute atomic E-state index is 0.0469. The Morgan fingerprint density at radius 1 is 0.843 bits per heavy atom. The Morgan fingerprint density at radius 2 is 1.47 bits per heavy atom. The molecule has 1 aromatic carbocycles. The number of carbonyl (C=O) groups is 3. The molecule has 1 aliphatic rings. The fourth-order valence-corrected chi connectivity index (χ4v) is 8.19. The summed E-state index contributed by atoms with van der Waals surface area (Å²) in [4.78, 5) is 37.2. The van der Waals surface area contributed by atoms with Gasteiger partial charge in [0, 0.05) is 23.8 Å². The highest BCUT2D eigenvalue weighted by molar-refractivity contribution is 8.77. The van der Waals surface area contributed by atoms with Crippen molar-refractivity contribution in [3.8, 4) is 5.75 Å². The number of rotatable bonds is 26. The fourth-order valence-electron chi connectivity index (χ4n) is 4.52. The fraction of sp³-hybridized carbons (Fsp3) is 0.500. The maximum atomic E-state index is 12.6. The van der Waals surface area contributed by atoms with Gasteiger partial charge in [0.25, 0.3) is 0 Å². The summed E-state index contributed by atoms with van der Waals surface area (Å²) in [6.07, 6.45) is 29.5. The van der Waals surface area contributed by atoms with Gasteiger partial charge in [-0.25, -0.2) is 8.98 Å². The first-order valence-corrected chi connectivity index (χ1v) is 21.2. The molecule has 13 heteroatoms. The van der Waals surface area contributed by atoms with E-state index in [1.165, 1.54) is 30.7 Å². The molecule has 1 N–H and O–H groups in total. The highest BCUT2D eigenvalue weighted by Crippen LogP contribution is 2.39. The van der Waals surface area contributed by atoms with Crippen molar-refractivity contribution in [2.45, 2.75) is 102 Å². The molecule has 2 rings (SSSR count). The first-order valence-electron chi connectivity index (χ1n) is 17.5. The predicted molar refractivity (Wildman–Crippen MR) is 204 cm³/mol. The topological polar surface area (TPSA) is 142 Å². The van der Waals surface area contributed by atoms with Gasteiger partial charge in [0.05, 0.1) is 0 Å². The van der Waals surface area contributed by atoms with Crippen LogP contribution in [0.3, 0.4) is 0 Å². The number of aromatic hydroxyl groups is 1. The Labute approximate surface area is 311 Å². The van der Waals surface area contributed by atoms with Crippen LogP contribution in [-0.4, -0.2) is 61.8 Å². The van der Waals surface area contributed by atoms with Crippen LogP contribution in [0.1, 0.15) is 101 Å². The molecule has 282 valence electrons. The van der Waals surface area contributed by atoms with Crippen molar-refractivity contribution in [3.05, 3.63) is 90.6 Å². The lowest BCUT2D eigenvalue weighted by Crippen LogP contribution is -2.31. The number of phenolic OH excluding ortho intramolecular Hbond substituents is 1. The molecule has 10 nitrogen and oxygen atoms in total. The molecule has 51 heavy (non-hydrogen) atoms. The van der Waals surface area contributed by atoms with Crippen LogP contribution in [0.5, 0.6) is 5.75 Å². The summed E-state index contributed by atoms with van der Waals surface area (Å²) in [5.41, 5.74) is -0.376. The van der Waals surface area contributed by atoms with Crippen molar-refractivity contribution >= 4 is 49.9 Å². The van der Waals surface area contributed by atoms with Gasteiger partial charge < -0.3 is 18.8 Å². The van der Waals surface area contributed by atoms with E-state index in [4.69, 9.17) is 13.7 Å². The van der Waals surface area contributed by atoms with Crippen molar-refractivity contribution in [1.82, 2.24) is 0 Å². The molecule has 0 bridgehead atoms.